The zero-order valence-electron chi connectivity index (χ0n) is 16.8. The number of aromatic nitrogens is 8. The lowest BCUT2D eigenvalue weighted by atomic mass is 10.4. The third kappa shape index (κ3) is 4.45. The maximum absolute atomic E-state index is 12.4. The average Bonchev–Trinajstić information content (AvgIpc) is 3.45. The molecular formula is C18H17N9O3S. The lowest BCUT2D eigenvalue weighted by Crippen LogP contribution is -2.23. The fraction of sp³-hybridized carbons (Fsp3) is 0.222. The van der Waals surface area contributed by atoms with Gasteiger partial charge in [0.25, 0.3) is 11.9 Å². The number of hydrogen-bond acceptors (Lipinski definition) is 10. The Balaban J connectivity index is 1.45. The highest BCUT2D eigenvalue weighted by molar-refractivity contribution is 7.12. The minimum absolute atomic E-state index is 0.282. The van der Waals surface area contributed by atoms with Crippen molar-refractivity contribution in [3.8, 4) is 11.6 Å². The van der Waals surface area contributed by atoms with Crippen LogP contribution in [-0.2, 0) is 9.53 Å². The first-order valence-corrected chi connectivity index (χ1v) is 9.96. The van der Waals surface area contributed by atoms with Crippen molar-refractivity contribution < 1.29 is 14.3 Å². The molecule has 158 valence electrons. The molecule has 0 bridgehead atoms. The second kappa shape index (κ2) is 8.39. The van der Waals surface area contributed by atoms with Crippen molar-refractivity contribution in [2.75, 3.05) is 11.9 Å². The molecular weight excluding hydrogens is 422 g/mol. The van der Waals surface area contributed by atoms with Gasteiger partial charge in [-0.15, -0.1) is 16.4 Å². The second-order valence-corrected chi connectivity index (χ2v) is 7.46. The second-order valence-electron chi connectivity index (χ2n) is 6.55. The molecule has 0 aromatic carbocycles. The molecule has 0 aliphatic heterocycles. The van der Waals surface area contributed by atoms with E-state index >= 15 is 0 Å². The van der Waals surface area contributed by atoms with E-state index in [0.717, 1.165) is 22.7 Å². The number of carbonyl (C=O) groups excluding carboxylic acids is 2. The van der Waals surface area contributed by atoms with E-state index in [4.69, 9.17) is 4.74 Å². The topological polar surface area (TPSA) is 143 Å². The van der Waals surface area contributed by atoms with Gasteiger partial charge in [0, 0.05) is 17.5 Å². The number of amides is 1. The Labute approximate surface area is 179 Å². The van der Waals surface area contributed by atoms with Crippen LogP contribution in [-0.4, -0.2) is 58.4 Å². The maximum atomic E-state index is 12.4. The first kappa shape index (κ1) is 20.3. The molecule has 0 aliphatic rings. The molecule has 0 saturated heterocycles. The third-order valence-electron chi connectivity index (χ3n) is 4.02. The number of nitrogens with one attached hydrogen (secondary N) is 1. The van der Waals surface area contributed by atoms with Crippen LogP contribution in [0.25, 0.3) is 11.6 Å². The third-order valence-corrected chi connectivity index (χ3v) is 4.90. The molecule has 1 amide bonds. The van der Waals surface area contributed by atoms with E-state index in [-0.39, 0.29) is 4.88 Å². The number of anilines is 1. The van der Waals surface area contributed by atoms with Gasteiger partial charge in [0.05, 0.1) is 11.4 Å². The predicted molar refractivity (Wildman–Crippen MR) is 109 cm³/mol. The van der Waals surface area contributed by atoms with Crippen LogP contribution >= 0.6 is 11.3 Å². The van der Waals surface area contributed by atoms with Gasteiger partial charge in [0.2, 0.25) is 0 Å². The highest BCUT2D eigenvalue weighted by Crippen LogP contribution is 2.21. The summed E-state index contributed by atoms with van der Waals surface area (Å²) in [5, 5.41) is 19.6. The fourth-order valence-corrected chi connectivity index (χ4v) is 3.60. The number of nitrogens with zero attached hydrogens (tertiary/aromatic N) is 8. The Bertz CT molecular complexity index is 1230. The van der Waals surface area contributed by atoms with Crippen molar-refractivity contribution in [2.45, 2.75) is 20.8 Å². The molecule has 0 unspecified atom stereocenters. The fourth-order valence-electron chi connectivity index (χ4n) is 2.83. The summed E-state index contributed by atoms with van der Waals surface area (Å²) in [7, 11) is 0. The van der Waals surface area contributed by atoms with Crippen LogP contribution in [0.4, 0.5) is 5.82 Å². The average molecular weight is 439 g/mol. The molecule has 0 aliphatic carbocycles. The van der Waals surface area contributed by atoms with Gasteiger partial charge >= 0.3 is 5.97 Å². The molecule has 31 heavy (non-hydrogen) atoms. The number of ether oxygens (including phenoxy) is 1. The molecule has 1 N–H and O–H groups in total. The van der Waals surface area contributed by atoms with Crippen LogP contribution in [0.5, 0.6) is 0 Å². The van der Waals surface area contributed by atoms with Crippen molar-refractivity contribution >= 4 is 29.0 Å². The molecule has 0 atom stereocenters. The SMILES string of the molecule is Cc1cc(C)nc(-n2nc(C)cc2NC(=O)COC(=O)c2sccc2-n2cnnn2)n1. The van der Waals surface area contributed by atoms with Crippen molar-refractivity contribution in [1.82, 2.24) is 40.0 Å². The molecule has 0 radical (unpaired) electrons. The highest BCUT2D eigenvalue weighted by atomic mass is 32.1. The lowest BCUT2D eigenvalue weighted by Gasteiger charge is -2.09. The first-order chi connectivity index (χ1) is 14.9. The Kier molecular flexibility index (Phi) is 5.49. The van der Waals surface area contributed by atoms with Crippen molar-refractivity contribution in [3.05, 3.63) is 51.9 Å². The standard InChI is InChI=1S/C18H17N9O3S/c1-10-6-11(2)21-18(20-10)27-14(7-12(3)23-27)22-15(28)8-30-17(29)16-13(4-5-31-16)26-9-19-24-25-26/h4-7,9H,8H2,1-3H3,(H,22,28). The van der Waals surface area contributed by atoms with Gasteiger partial charge in [-0.3, -0.25) is 4.79 Å². The van der Waals surface area contributed by atoms with Gasteiger partial charge < -0.3 is 10.1 Å². The molecule has 4 aromatic heterocycles. The zero-order chi connectivity index (χ0) is 22.0. The molecule has 13 heteroatoms. The van der Waals surface area contributed by atoms with Gasteiger partial charge in [0.1, 0.15) is 17.0 Å². The number of tetrazole rings is 1. The quantitative estimate of drug-likeness (QED) is 0.441. The summed E-state index contributed by atoms with van der Waals surface area (Å²) in [6.45, 7) is 5.00. The summed E-state index contributed by atoms with van der Waals surface area (Å²) in [4.78, 5) is 33.9. The summed E-state index contributed by atoms with van der Waals surface area (Å²) in [6, 6.07) is 5.20. The molecule has 4 heterocycles. The van der Waals surface area contributed by atoms with Gasteiger partial charge in [-0.25, -0.2) is 14.8 Å². The van der Waals surface area contributed by atoms with Crippen LogP contribution in [0.2, 0.25) is 0 Å². The Morgan fingerprint density at radius 2 is 1.90 bits per heavy atom. The number of hydrogen-bond donors (Lipinski definition) is 1. The molecule has 0 saturated carbocycles. The van der Waals surface area contributed by atoms with E-state index in [9.17, 15) is 9.59 Å². The lowest BCUT2D eigenvalue weighted by molar-refractivity contribution is -0.119. The number of esters is 1. The minimum Gasteiger partial charge on any atom is -0.451 e. The Morgan fingerprint density at radius 3 is 2.61 bits per heavy atom. The van der Waals surface area contributed by atoms with E-state index in [2.05, 4.69) is 35.9 Å². The van der Waals surface area contributed by atoms with Crippen molar-refractivity contribution in [1.29, 1.82) is 0 Å². The van der Waals surface area contributed by atoms with E-state index < -0.39 is 18.5 Å². The van der Waals surface area contributed by atoms with Crippen molar-refractivity contribution in [3.63, 3.8) is 0 Å². The zero-order valence-corrected chi connectivity index (χ0v) is 17.6. The normalized spacial score (nSPS) is 10.8. The summed E-state index contributed by atoms with van der Waals surface area (Å²) in [5.41, 5.74) is 2.69. The highest BCUT2D eigenvalue weighted by Gasteiger charge is 2.19. The van der Waals surface area contributed by atoms with Gasteiger partial charge in [0.15, 0.2) is 6.61 Å². The molecule has 0 fully saturated rings. The summed E-state index contributed by atoms with van der Waals surface area (Å²) in [5.74, 6) is -0.478. The summed E-state index contributed by atoms with van der Waals surface area (Å²) in [6.07, 6.45) is 1.37. The number of carbonyl (C=O) groups is 2. The van der Waals surface area contributed by atoms with Crippen LogP contribution < -0.4 is 5.32 Å². The van der Waals surface area contributed by atoms with Crippen LogP contribution in [0.3, 0.4) is 0 Å². The molecule has 12 nitrogen and oxygen atoms in total. The number of aryl methyl sites for hydroxylation is 3. The monoisotopic (exact) mass is 439 g/mol. The van der Waals surface area contributed by atoms with Crippen LogP contribution in [0, 0.1) is 20.8 Å². The van der Waals surface area contributed by atoms with Crippen LogP contribution in [0.1, 0.15) is 26.8 Å². The largest absolute Gasteiger partial charge is 0.451 e. The van der Waals surface area contributed by atoms with E-state index in [1.54, 1.807) is 24.4 Å². The van der Waals surface area contributed by atoms with E-state index in [1.807, 2.05) is 19.9 Å². The van der Waals surface area contributed by atoms with Gasteiger partial charge in [-0.1, -0.05) is 0 Å². The van der Waals surface area contributed by atoms with Crippen LogP contribution in [0.15, 0.2) is 29.9 Å². The molecule has 4 rings (SSSR count). The summed E-state index contributed by atoms with van der Waals surface area (Å²) >= 11 is 1.16. The first-order valence-electron chi connectivity index (χ1n) is 9.08. The van der Waals surface area contributed by atoms with E-state index in [1.165, 1.54) is 15.7 Å². The number of thiophene rings is 1. The predicted octanol–water partition coefficient (Wildman–Crippen LogP) is 1.42. The van der Waals surface area contributed by atoms with Crippen molar-refractivity contribution in [2.24, 2.45) is 0 Å². The Hall–Kier alpha value is -4.00. The van der Waals surface area contributed by atoms with Gasteiger partial charge in [-0.05, 0) is 48.7 Å². The Morgan fingerprint density at radius 1 is 1.13 bits per heavy atom. The number of rotatable bonds is 6. The smallest absolute Gasteiger partial charge is 0.351 e. The molecule has 0 spiro atoms. The summed E-state index contributed by atoms with van der Waals surface area (Å²) < 4.78 is 7.95. The maximum Gasteiger partial charge on any atom is 0.351 e. The van der Waals surface area contributed by atoms with Gasteiger partial charge in [-0.2, -0.15) is 14.5 Å². The van der Waals surface area contributed by atoms with E-state index in [0.29, 0.717) is 23.1 Å². The minimum atomic E-state index is -0.655. The molecule has 4 aromatic rings.